The Morgan fingerprint density at radius 3 is 2.22 bits per heavy atom. The summed E-state index contributed by atoms with van der Waals surface area (Å²) in [5, 5.41) is 9.81. The van der Waals surface area contributed by atoms with Gasteiger partial charge in [-0.15, -0.1) is 0 Å². The van der Waals surface area contributed by atoms with E-state index in [2.05, 4.69) is 45.1 Å². The van der Waals surface area contributed by atoms with Crippen molar-refractivity contribution in [3.05, 3.63) is 89.5 Å². The minimum atomic E-state index is -0.727. The summed E-state index contributed by atoms with van der Waals surface area (Å²) in [7, 11) is 0. The van der Waals surface area contributed by atoms with E-state index in [9.17, 15) is 9.90 Å². The van der Waals surface area contributed by atoms with Gasteiger partial charge in [0.05, 0.1) is 12.5 Å². The predicted molar refractivity (Wildman–Crippen MR) is 133 cm³/mol. The van der Waals surface area contributed by atoms with Crippen LogP contribution in [0.25, 0.3) is 5.76 Å². The number of carboxylic acids is 1. The first-order valence-electron chi connectivity index (χ1n) is 11.8. The summed E-state index contributed by atoms with van der Waals surface area (Å²) in [5.74, 6) is 0.0313. The average molecular weight is 435 g/mol. The molecular formula is C29H38O3. The molecule has 0 aromatic heterocycles. The van der Waals surface area contributed by atoms with Gasteiger partial charge >= 0.3 is 5.97 Å². The fourth-order valence-corrected chi connectivity index (χ4v) is 3.87. The maximum absolute atomic E-state index is 11.9. The monoisotopic (exact) mass is 434 g/mol. The molecule has 3 unspecified atom stereocenters. The first-order valence-corrected chi connectivity index (χ1v) is 11.8. The van der Waals surface area contributed by atoms with Crippen molar-refractivity contribution in [1.82, 2.24) is 0 Å². The molecule has 0 aliphatic rings. The first kappa shape index (κ1) is 25.5. The van der Waals surface area contributed by atoms with Gasteiger partial charge in [0.25, 0.3) is 0 Å². The van der Waals surface area contributed by atoms with Crippen molar-refractivity contribution in [2.75, 3.05) is 6.61 Å². The van der Waals surface area contributed by atoms with Gasteiger partial charge in [0.2, 0.25) is 0 Å². The number of benzene rings is 2. The SMILES string of the molecule is CCCC(C(=O)O)C(/C=C/CC(C)CO/C(=C(/C)CC)c1ccccc1)c1ccccc1. The molecule has 2 rings (SSSR count). The van der Waals surface area contributed by atoms with Crippen LogP contribution < -0.4 is 0 Å². The largest absolute Gasteiger partial charge is 0.493 e. The van der Waals surface area contributed by atoms with Crippen LogP contribution in [-0.2, 0) is 9.53 Å². The Morgan fingerprint density at radius 2 is 1.66 bits per heavy atom. The topological polar surface area (TPSA) is 46.5 Å². The van der Waals surface area contributed by atoms with Gasteiger partial charge in [-0.1, -0.05) is 100 Å². The Balaban J connectivity index is 2.07. The first-order chi connectivity index (χ1) is 15.5. The highest BCUT2D eigenvalue weighted by Gasteiger charge is 2.26. The molecule has 3 heteroatoms. The minimum Gasteiger partial charge on any atom is -0.493 e. The molecule has 0 saturated heterocycles. The molecule has 3 atom stereocenters. The second-order valence-electron chi connectivity index (χ2n) is 8.58. The molecule has 1 N–H and O–H groups in total. The van der Waals surface area contributed by atoms with Crippen molar-refractivity contribution in [1.29, 1.82) is 0 Å². The number of aliphatic carboxylic acids is 1. The summed E-state index contributed by atoms with van der Waals surface area (Å²) in [6.07, 6.45) is 7.53. The van der Waals surface area contributed by atoms with Crippen LogP contribution >= 0.6 is 0 Å². The van der Waals surface area contributed by atoms with Crippen molar-refractivity contribution in [3.63, 3.8) is 0 Å². The van der Waals surface area contributed by atoms with Gasteiger partial charge in [-0.2, -0.15) is 0 Å². The van der Waals surface area contributed by atoms with E-state index in [1.165, 1.54) is 5.57 Å². The van der Waals surface area contributed by atoms with Crippen LogP contribution in [-0.4, -0.2) is 17.7 Å². The van der Waals surface area contributed by atoms with Crippen LogP contribution in [0.2, 0.25) is 0 Å². The van der Waals surface area contributed by atoms with Crippen LogP contribution in [0.15, 0.2) is 78.4 Å². The summed E-state index contributed by atoms with van der Waals surface area (Å²) in [6, 6.07) is 20.2. The molecule has 0 aliphatic heterocycles. The Morgan fingerprint density at radius 1 is 1.03 bits per heavy atom. The fraction of sp³-hybridized carbons (Fsp3) is 0.414. The molecular weight excluding hydrogens is 396 g/mol. The smallest absolute Gasteiger partial charge is 0.307 e. The van der Waals surface area contributed by atoms with Crippen molar-refractivity contribution in [3.8, 4) is 0 Å². The third-order valence-electron chi connectivity index (χ3n) is 5.88. The molecule has 0 bridgehead atoms. The Bertz CT molecular complexity index is 868. The maximum atomic E-state index is 11.9. The van der Waals surface area contributed by atoms with Gasteiger partial charge in [0.1, 0.15) is 5.76 Å². The minimum absolute atomic E-state index is 0.121. The lowest BCUT2D eigenvalue weighted by molar-refractivity contribution is -0.142. The van der Waals surface area contributed by atoms with E-state index in [0.717, 1.165) is 36.1 Å². The third-order valence-corrected chi connectivity index (χ3v) is 5.88. The molecule has 172 valence electrons. The van der Waals surface area contributed by atoms with Crippen LogP contribution in [0.3, 0.4) is 0 Å². The molecule has 0 amide bonds. The Hall–Kier alpha value is -2.81. The lowest BCUT2D eigenvalue weighted by Crippen LogP contribution is -2.21. The molecule has 0 saturated carbocycles. The van der Waals surface area contributed by atoms with E-state index in [1.54, 1.807) is 0 Å². The zero-order valence-electron chi connectivity index (χ0n) is 20.0. The molecule has 2 aromatic rings. The second kappa shape index (κ2) is 13.6. The summed E-state index contributed by atoms with van der Waals surface area (Å²) in [6.45, 7) is 9.10. The van der Waals surface area contributed by atoms with Crippen LogP contribution in [0, 0.1) is 11.8 Å². The number of hydrogen-bond donors (Lipinski definition) is 1. The normalized spacial score (nSPS) is 15.1. The predicted octanol–water partition coefficient (Wildman–Crippen LogP) is 7.71. The highest BCUT2D eigenvalue weighted by molar-refractivity contribution is 5.72. The number of carbonyl (C=O) groups is 1. The number of allylic oxidation sites excluding steroid dienone is 3. The van der Waals surface area contributed by atoms with Gasteiger partial charge < -0.3 is 9.84 Å². The highest BCUT2D eigenvalue weighted by atomic mass is 16.5. The van der Waals surface area contributed by atoms with Gasteiger partial charge in [-0.3, -0.25) is 4.79 Å². The molecule has 3 nitrogen and oxygen atoms in total. The third kappa shape index (κ3) is 7.71. The van der Waals surface area contributed by atoms with E-state index >= 15 is 0 Å². The fourth-order valence-electron chi connectivity index (χ4n) is 3.87. The lowest BCUT2D eigenvalue weighted by atomic mass is 9.82. The highest BCUT2D eigenvalue weighted by Crippen LogP contribution is 2.30. The molecule has 0 aliphatic carbocycles. The molecule has 0 radical (unpaired) electrons. The van der Waals surface area contributed by atoms with Crippen molar-refractivity contribution < 1.29 is 14.6 Å². The van der Waals surface area contributed by atoms with E-state index in [4.69, 9.17) is 4.74 Å². The number of carboxylic acid groups (broad SMARTS) is 1. The number of hydrogen-bond acceptors (Lipinski definition) is 2. The van der Waals surface area contributed by atoms with Crippen molar-refractivity contribution >= 4 is 11.7 Å². The van der Waals surface area contributed by atoms with E-state index in [1.807, 2.05) is 55.5 Å². The van der Waals surface area contributed by atoms with Gasteiger partial charge in [-0.05, 0) is 43.2 Å². The zero-order valence-corrected chi connectivity index (χ0v) is 20.0. The molecule has 0 spiro atoms. The van der Waals surface area contributed by atoms with E-state index in [0.29, 0.717) is 18.9 Å². The summed E-state index contributed by atoms with van der Waals surface area (Å²) < 4.78 is 6.26. The molecule has 32 heavy (non-hydrogen) atoms. The lowest BCUT2D eigenvalue weighted by Gasteiger charge is -2.22. The van der Waals surface area contributed by atoms with Gasteiger partial charge in [0.15, 0.2) is 0 Å². The van der Waals surface area contributed by atoms with Crippen LogP contribution in [0.4, 0.5) is 0 Å². The van der Waals surface area contributed by atoms with Crippen molar-refractivity contribution in [2.24, 2.45) is 11.8 Å². The quantitative estimate of drug-likeness (QED) is 0.259. The summed E-state index contributed by atoms with van der Waals surface area (Å²) in [4.78, 5) is 11.9. The van der Waals surface area contributed by atoms with Gasteiger partial charge in [-0.25, -0.2) is 0 Å². The molecule has 0 fully saturated rings. The van der Waals surface area contributed by atoms with Crippen LogP contribution in [0.5, 0.6) is 0 Å². The summed E-state index contributed by atoms with van der Waals surface area (Å²) in [5.41, 5.74) is 3.41. The number of rotatable bonds is 13. The molecule has 2 aromatic carbocycles. The second-order valence-corrected chi connectivity index (χ2v) is 8.58. The van der Waals surface area contributed by atoms with E-state index in [-0.39, 0.29) is 5.92 Å². The summed E-state index contributed by atoms with van der Waals surface area (Å²) >= 11 is 0. The van der Waals surface area contributed by atoms with Crippen LogP contribution in [0.1, 0.15) is 70.4 Å². The van der Waals surface area contributed by atoms with E-state index < -0.39 is 11.9 Å². The van der Waals surface area contributed by atoms with Gasteiger partial charge in [0, 0.05) is 11.5 Å². The van der Waals surface area contributed by atoms with Crippen molar-refractivity contribution in [2.45, 2.75) is 59.3 Å². The Kier molecular flexibility index (Phi) is 10.8. The maximum Gasteiger partial charge on any atom is 0.307 e. The average Bonchev–Trinajstić information content (AvgIpc) is 2.81. The zero-order chi connectivity index (χ0) is 23.3. The Labute approximate surface area is 193 Å². The molecule has 0 heterocycles. The standard InChI is InChI=1S/C29H38O3/c1-5-14-27(29(30)31)26(24-16-9-7-10-17-24)20-13-15-22(3)21-32-28(23(4)6-2)25-18-11-8-12-19-25/h7-13,16-20,22,26-27H,5-6,14-15,21H2,1-4H3,(H,30,31)/b20-13+,28-23-. The number of ether oxygens (including phenoxy) is 1.